The van der Waals surface area contributed by atoms with Crippen LogP contribution in [0.3, 0.4) is 0 Å². The van der Waals surface area contributed by atoms with E-state index in [1.807, 2.05) is 0 Å². The zero-order valence-corrected chi connectivity index (χ0v) is 11.9. The molecule has 1 unspecified atom stereocenters. The number of nitrogens with zero attached hydrogens (tertiary/aromatic N) is 1. The molecule has 1 rings (SSSR count). The summed E-state index contributed by atoms with van der Waals surface area (Å²) < 4.78 is 0. The van der Waals surface area contributed by atoms with Gasteiger partial charge in [-0.3, -0.25) is 0 Å². The number of hydrogen-bond acceptors (Lipinski definition) is 2. The van der Waals surface area contributed by atoms with Crippen molar-refractivity contribution in [3.63, 3.8) is 0 Å². The maximum absolute atomic E-state index is 5.66. The van der Waals surface area contributed by atoms with Crippen LogP contribution >= 0.6 is 0 Å². The molecule has 0 fully saturated rings. The van der Waals surface area contributed by atoms with Crippen LogP contribution in [0.4, 0.5) is 0 Å². The van der Waals surface area contributed by atoms with Crippen molar-refractivity contribution in [1.82, 2.24) is 4.90 Å². The Kier molecular flexibility index (Phi) is 5.16. The second-order valence-electron chi connectivity index (χ2n) is 5.40. The Labute approximate surface area is 106 Å². The summed E-state index contributed by atoms with van der Waals surface area (Å²) in [5, 5.41) is 0. The van der Waals surface area contributed by atoms with E-state index in [2.05, 4.69) is 51.8 Å². The molecule has 2 nitrogen and oxygen atoms in total. The number of aryl methyl sites for hydroxylation is 3. The second kappa shape index (κ2) is 6.18. The highest BCUT2D eigenvalue weighted by molar-refractivity contribution is 5.36. The zero-order chi connectivity index (χ0) is 13.0. The minimum absolute atomic E-state index is 0.562. The zero-order valence-electron chi connectivity index (χ0n) is 11.9. The lowest BCUT2D eigenvalue weighted by Crippen LogP contribution is -2.28. The first-order valence-electron chi connectivity index (χ1n) is 6.39. The molecule has 0 heterocycles. The topological polar surface area (TPSA) is 29.3 Å². The van der Waals surface area contributed by atoms with Crippen molar-refractivity contribution in [2.75, 3.05) is 20.1 Å². The van der Waals surface area contributed by atoms with Gasteiger partial charge in [-0.25, -0.2) is 0 Å². The third-order valence-electron chi connectivity index (χ3n) is 3.42. The minimum Gasteiger partial charge on any atom is -0.330 e. The molecule has 0 aliphatic rings. The van der Waals surface area contributed by atoms with Gasteiger partial charge in [-0.05, 0) is 62.5 Å². The average Bonchev–Trinajstić information content (AvgIpc) is 2.25. The van der Waals surface area contributed by atoms with Gasteiger partial charge in [-0.15, -0.1) is 0 Å². The van der Waals surface area contributed by atoms with E-state index in [0.717, 1.165) is 19.6 Å². The predicted octanol–water partition coefficient (Wildman–Crippen LogP) is 2.64. The lowest BCUT2D eigenvalue weighted by atomic mass is 10.0. The van der Waals surface area contributed by atoms with E-state index >= 15 is 0 Å². The molecule has 2 N–H and O–H groups in total. The molecule has 17 heavy (non-hydrogen) atoms. The maximum atomic E-state index is 5.66. The van der Waals surface area contributed by atoms with E-state index in [9.17, 15) is 0 Å². The molecule has 0 saturated carbocycles. The monoisotopic (exact) mass is 234 g/mol. The Hall–Kier alpha value is -0.860. The Morgan fingerprint density at radius 2 is 1.71 bits per heavy atom. The molecule has 2 heteroatoms. The minimum atomic E-state index is 0.562. The van der Waals surface area contributed by atoms with Crippen molar-refractivity contribution in [3.8, 4) is 0 Å². The van der Waals surface area contributed by atoms with Gasteiger partial charge >= 0.3 is 0 Å². The first-order valence-corrected chi connectivity index (χ1v) is 6.39. The molecule has 0 amide bonds. The van der Waals surface area contributed by atoms with Crippen LogP contribution in [0.1, 0.15) is 29.2 Å². The molecule has 0 aliphatic heterocycles. The number of benzene rings is 1. The van der Waals surface area contributed by atoms with Crippen LogP contribution < -0.4 is 5.73 Å². The van der Waals surface area contributed by atoms with Gasteiger partial charge in [0.1, 0.15) is 0 Å². The molecule has 1 aromatic carbocycles. The van der Waals surface area contributed by atoms with E-state index in [1.165, 1.54) is 22.3 Å². The fourth-order valence-corrected chi connectivity index (χ4v) is 2.15. The third kappa shape index (κ3) is 4.14. The van der Waals surface area contributed by atoms with Gasteiger partial charge in [-0.1, -0.05) is 19.1 Å². The smallest absolute Gasteiger partial charge is 0.0233 e. The Morgan fingerprint density at radius 1 is 1.12 bits per heavy atom. The predicted molar refractivity (Wildman–Crippen MR) is 75.2 cm³/mol. The molecule has 0 radical (unpaired) electrons. The molecule has 0 aromatic heterocycles. The van der Waals surface area contributed by atoms with Crippen LogP contribution in [0.5, 0.6) is 0 Å². The summed E-state index contributed by atoms with van der Waals surface area (Å²) in [5.41, 5.74) is 11.2. The highest BCUT2D eigenvalue weighted by Gasteiger charge is 2.08. The normalized spacial score (nSPS) is 13.1. The van der Waals surface area contributed by atoms with Gasteiger partial charge in [0.15, 0.2) is 0 Å². The fraction of sp³-hybridized carbons (Fsp3) is 0.600. The lowest BCUT2D eigenvalue weighted by Gasteiger charge is -2.22. The van der Waals surface area contributed by atoms with E-state index < -0.39 is 0 Å². The standard InChI is InChI=1S/C15H26N2/c1-11(8-16)9-17(5)10-15-7-13(3)12(2)6-14(15)4/h6-7,11H,8-10,16H2,1-5H3. The van der Waals surface area contributed by atoms with Gasteiger partial charge in [0.05, 0.1) is 0 Å². The summed E-state index contributed by atoms with van der Waals surface area (Å²) in [6.45, 7) is 11.6. The summed E-state index contributed by atoms with van der Waals surface area (Å²) in [6.07, 6.45) is 0. The van der Waals surface area contributed by atoms with E-state index in [4.69, 9.17) is 5.73 Å². The van der Waals surface area contributed by atoms with Gasteiger partial charge in [0, 0.05) is 13.1 Å². The van der Waals surface area contributed by atoms with Crippen LogP contribution in [-0.4, -0.2) is 25.0 Å². The van der Waals surface area contributed by atoms with Crippen molar-refractivity contribution < 1.29 is 0 Å². The van der Waals surface area contributed by atoms with Crippen LogP contribution in [0.15, 0.2) is 12.1 Å². The summed E-state index contributed by atoms with van der Waals surface area (Å²) in [6, 6.07) is 4.60. The third-order valence-corrected chi connectivity index (χ3v) is 3.42. The summed E-state index contributed by atoms with van der Waals surface area (Å²) >= 11 is 0. The largest absolute Gasteiger partial charge is 0.330 e. The molecule has 0 bridgehead atoms. The fourth-order valence-electron chi connectivity index (χ4n) is 2.15. The van der Waals surface area contributed by atoms with E-state index in [0.29, 0.717) is 5.92 Å². The number of hydrogen-bond donors (Lipinski definition) is 1. The van der Waals surface area contributed by atoms with Crippen LogP contribution in [0, 0.1) is 26.7 Å². The summed E-state index contributed by atoms with van der Waals surface area (Å²) in [4.78, 5) is 2.36. The van der Waals surface area contributed by atoms with Gasteiger partial charge in [0.25, 0.3) is 0 Å². The molecular formula is C15H26N2. The van der Waals surface area contributed by atoms with Crippen molar-refractivity contribution >= 4 is 0 Å². The Balaban J connectivity index is 2.71. The van der Waals surface area contributed by atoms with Gasteiger partial charge in [0.2, 0.25) is 0 Å². The molecular weight excluding hydrogens is 208 g/mol. The number of rotatable bonds is 5. The first-order chi connectivity index (χ1) is 7.93. The average molecular weight is 234 g/mol. The van der Waals surface area contributed by atoms with Crippen molar-refractivity contribution in [1.29, 1.82) is 0 Å². The molecule has 0 saturated heterocycles. The van der Waals surface area contributed by atoms with Crippen LogP contribution in [-0.2, 0) is 6.54 Å². The first kappa shape index (κ1) is 14.2. The van der Waals surface area contributed by atoms with Crippen LogP contribution in [0.2, 0.25) is 0 Å². The molecule has 1 aromatic rings. The summed E-state index contributed by atoms with van der Waals surface area (Å²) in [5.74, 6) is 0.562. The second-order valence-corrected chi connectivity index (χ2v) is 5.40. The van der Waals surface area contributed by atoms with E-state index in [1.54, 1.807) is 0 Å². The highest BCUT2D eigenvalue weighted by Crippen LogP contribution is 2.17. The highest BCUT2D eigenvalue weighted by atomic mass is 15.1. The Morgan fingerprint density at radius 3 is 2.29 bits per heavy atom. The summed E-state index contributed by atoms with van der Waals surface area (Å²) in [7, 11) is 2.17. The van der Waals surface area contributed by atoms with Crippen LogP contribution in [0.25, 0.3) is 0 Å². The SMILES string of the molecule is Cc1cc(C)c(CN(C)CC(C)CN)cc1C. The van der Waals surface area contributed by atoms with Crippen molar-refractivity contribution in [2.24, 2.45) is 11.7 Å². The molecule has 0 spiro atoms. The van der Waals surface area contributed by atoms with Crippen molar-refractivity contribution in [3.05, 3.63) is 34.4 Å². The quantitative estimate of drug-likeness (QED) is 0.848. The molecule has 0 aliphatic carbocycles. The molecule has 96 valence electrons. The van der Waals surface area contributed by atoms with Gasteiger partial charge < -0.3 is 10.6 Å². The molecule has 1 atom stereocenters. The maximum Gasteiger partial charge on any atom is 0.0233 e. The number of nitrogens with two attached hydrogens (primary N) is 1. The van der Waals surface area contributed by atoms with Crippen molar-refractivity contribution in [2.45, 2.75) is 34.2 Å². The Bertz CT molecular complexity index is 371. The van der Waals surface area contributed by atoms with Gasteiger partial charge in [-0.2, -0.15) is 0 Å². The van der Waals surface area contributed by atoms with E-state index in [-0.39, 0.29) is 0 Å². The lowest BCUT2D eigenvalue weighted by molar-refractivity contribution is 0.281.